The van der Waals surface area contributed by atoms with Crippen LogP contribution in [0.15, 0.2) is 25.3 Å². The van der Waals surface area contributed by atoms with Gasteiger partial charge in [0.2, 0.25) is 11.8 Å². The van der Waals surface area contributed by atoms with Gasteiger partial charge in [-0.2, -0.15) is 0 Å². The number of ether oxygens (including phenoxy) is 2. The Kier molecular flexibility index (Phi) is 9.31. The van der Waals surface area contributed by atoms with Crippen LogP contribution in [0.3, 0.4) is 0 Å². The lowest BCUT2D eigenvalue weighted by molar-refractivity contribution is -0.155. The van der Waals surface area contributed by atoms with Gasteiger partial charge in [0.25, 0.3) is 0 Å². The van der Waals surface area contributed by atoms with Crippen LogP contribution in [0, 0.1) is 11.8 Å². The molecule has 5 atom stereocenters. The molecule has 8 heteroatoms. The monoisotopic (exact) mass is 476 g/mol. The summed E-state index contributed by atoms with van der Waals surface area (Å²) in [5.74, 6) is -2.13. The molecule has 0 aromatic heterocycles. The highest BCUT2D eigenvalue weighted by atomic mass is 16.6. The van der Waals surface area contributed by atoms with Crippen molar-refractivity contribution < 1.29 is 29.0 Å². The zero-order valence-electron chi connectivity index (χ0n) is 20.5. The first kappa shape index (κ1) is 26.4. The summed E-state index contributed by atoms with van der Waals surface area (Å²) in [5, 5.41) is 9.14. The first-order chi connectivity index (χ1) is 16.5. The molecule has 2 bridgehead atoms. The van der Waals surface area contributed by atoms with Crippen molar-refractivity contribution in [2.45, 2.75) is 76.0 Å². The zero-order valence-corrected chi connectivity index (χ0v) is 20.5. The number of hydrogen-bond acceptors (Lipinski definition) is 6. The van der Waals surface area contributed by atoms with Crippen molar-refractivity contribution in [2.24, 2.45) is 11.8 Å². The number of rotatable bonds is 15. The minimum Gasteiger partial charge on any atom is -0.465 e. The number of carbonyl (C=O) groups excluding carboxylic acids is 3. The molecule has 1 spiro atoms. The van der Waals surface area contributed by atoms with Crippen molar-refractivity contribution in [3.05, 3.63) is 25.3 Å². The fourth-order valence-electron chi connectivity index (χ4n) is 5.82. The first-order valence-electron chi connectivity index (χ1n) is 12.7. The maximum absolute atomic E-state index is 13.9. The van der Waals surface area contributed by atoms with E-state index in [2.05, 4.69) is 20.1 Å². The van der Waals surface area contributed by atoms with Gasteiger partial charge < -0.3 is 24.4 Å². The second-order valence-electron chi connectivity index (χ2n) is 9.54. The van der Waals surface area contributed by atoms with Crippen molar-refractivity contribution >= 4 is 17.8 Å². The number of fused-ring (bicyclic) bond motifs is 1. The van der Waals surface area contributed by atoms with Crippen LogP contribution < -0.4 is 0 Å². The Labute approximate surface area is 202 Å². The third-order valence-electron chi connectivity index (χ3n) is 7.37. The molecule has 3 heterocycles. The Balaban J connectivity index is 1.91. The second kappa shape index (κ2) is 12.0. The Morgan fingerprint density at radius 1 is 1.26 bits per heavy atom. The van der Waals surface area contributed by atoms with Crippen molar-refractivity contribution in [2.75, 3.05) is 32.8 Å². The lowest BCUT2D eigenvalue weighted by Gasteiger charge is -2.36. The molecule has 1 N–H and O–H groups in total. The van der Waals surface area contributed by atoms with Crippen LogP contribution >= 0.6 is 0 Å². The van der Waals surface area contributed by atoms with Gasteiger partial charge in [-0.1, -0.05) is 25.5 Å². The summed E-state index contributed by atoms with van der Waals surface area (Å²) in [7, 11) is 0. The van der Waals surface area contributed by atoms with Gasteiger partial charge in [0.15, 0.2) is 0 Å². The largest absolute Gasteiger partial charge is 0.465 e. The summed E-state index contributed by atoms with van der Waals surface area (Å²) in [4.78, 5) is 44.1. The average molecular weight is 477 g/mol. The van der Waals surface area contributed by atoms with E-state index in [0.29, 0.717) is 51.7 Å². The normalized spacial score (nSPS) is 29.2. The molecule has 3 aliphatic rings. The Morgan fingerprint density at radius 2 is 2.06 bits per heavy atom. The van der Waals surface area contributed by atoms with Gasteiger partial charge in [-0.3, -0.25) is 14.4 Å². The van der Waals surface area contributed by atoms with Gasteiger partial charge in [-0.25, -0.2) is 0 Å². The number of amides is 2. The number of aliphatic hydroxyl groups excluding tert-OH is 1. The van der Waals surface area contributed by atoms with Gasteiger partial charge in [-0.05, 0) is 44.9 Å². The molecule has 3 saturated heterocycles. The fraction of sp³-hybridized carbons (Fsp3) is 0.731. The van der Waals surface area contributed by atoms with E-state index >= 15 is 0 Å². The highest BCUT2D eigenvalue weighted by Gasteiger charge is 2.74. The smallest absolute Gasteiger partial charge is 0.312 e. The van der Waals surface area contributed by atoms with Crippen LogP contribution in [0.5, 0.6) is 0 Å². The standard InChI is InChI=1S/C26H40N2O6/c1-4-7-15-27(14-6-3)24(31)22-26-13-12-19(34-26)20(25(32)33-18-8-5-2)21(26)23(30)28(22)16-10-9-11-17-29/h5-6,19-22,29H,2-4,7-18H2,1H3/t19-,20+,21+,22?,26?/m1/s1. The minimum absolute atomic E-state index is 0.0937. The molecular formula is C26H40N2O6. The molecule has 0 saturated carbocycles. The lowest BCUT2D eigenvalue weighted by atomic mass is 9.70. The summed E-state index contributed by atoms with van der Waals surface area (Å²) >= 11 is 0. The number of nitrogens with zero attached hydrogens (tertiary/aromatic N) is 2. The summed E-state index contributed by atoms with van der Waals surface area (Å²) < 4.78 is 11.9. The molecule has 2 amide bonds. The molecule has 0 aromatic rings. The Bertz CT molecular complexity index is 770. The molecule has 3 fully saturated rings. The molecule has 190 valence electrons. The number of likely N-dealkylation sites (tertiary alicyclic amines) is 1. The Hall–Kier alpha value is -2.19. The van der Waals surface area contributed by atoms with Crippen molar-refractivity contribution in [1.82, 2.24) is 9.80 Å². The lowest BCUT2D eigenvalue weighted by Crippen LogP contribution is -2.56. The van der Waals surface area contributed by atoms with Crippen LogP contribution in [0.1, 0.15) is 58.3 Å². The van der Waals surface area contributed by atoms with Gasteiger partial charge in [0, 0.05) is 26.2 Å². The van der Waals surface area contributed by atoms with E-state index in [0.717, 1.165) is 19.3 Å². The van der Waals surface area contributed by atoms with E-state index < -0.39 is 35.6 Å². The first-order valence-corrected chi connectivity index (χ1v) is 12.7. The predicted molar refractivity (Wildman–Crippen MR) is 128 cm³/mol. The van der Waals surface area contributed by atoms with Crippen LogP contribution in [0.4, 0.5) is 0 Å². The molecule has 3 aliphatic heterocycles. The maximum atomic E-state index is 13.9. The molecule has 3 rings (SSSR count). The van der Waals surface area contributed by atoms with E-state index in [1.807, 2.05) is 0 Å². The van der Waals surface area contributed by atoms with E-state index in [1.165, 1.54) is 0 Å². The zero-order chi connectivity index (χ0) is 24.7. The van der Waals surface area contributed by atoms with Crippen molar-refractivity contribution in [3.8, 4) is 0 Å². The number of unbranched alkanes of at least 4 members (excludes halogenated alkanes) is 3. The number of carbonyl (C=O) groups is 3. The quantitative estimate of drug-likeness (QED) is 0.222. The highest BCUT2D eigenvalue weighted by molar-refractivity contribution is 5.98. The van der Waals surface area contributed by atoms with E-state index in [1.54, 1.807) is 22.0 Å². The molecular weight excluding hydrogens is 436 g/mol. The van der Waals surface area contributed by atoms with Crippen LogP contribution in [-0.2, 0) is 23.9 Å². The van der Waals surface area contributed by atoms with Crippen molar-refractivity contribution in [3.63, 3.8) is 0 Å². The van der Waals surface area contributed by atoms with E-state index in [9.17, 15) is 14.4 Å². The molecule has 8 nitrogen and oxygen atoms in total. The van der Waals surface area contributed by atoms with E-state index in [-0.39, 0.29) is 25.0 Å². The van der Waals surface area contributed by atoms with Gasteiger partial charge in [0.05, 0.1) is 24.5 Å². The molecule has 34 heavy (non-hydrogen) atoms. The van der Waals surface area contributed by atoms with Crippen LogP contribution in [0.25, 0.3) is 0 Å². The number of esters is 1. The molecule has 0 aromatic carbocycles. The summed E-state index contributed by atoms with van der Waals surface area (Å²) in [5.41, 5.74) is -0.996. The topological polar surface area (TPSA) is 96.4 Å². The SMILES string of the molecule is C=CCCOC(=O)[C@@H]1[C@H]2C(=O)N(CCCCCO)C(C(=O)N(CC=C)CCCC)C23CC[C@H]1O3. The summed E-state index contributed by atoms with van der Waals surface area (Å²) in [6.07, 6.45) is 8.60. The molecule has 0 aliphatic carbocycles. The summed E-state index contributed by atoms with van der Waals surface area (Å²) in [6.45, 7) is 11.2. The molecule has 2 unspecified atom stereocenters. The minimum atomic E-state index is -0.996. The van der Waals surface area contributed by atoms with Crippen molar-refractivity contribution in [1.29, 1.82) is 0 Å². The van der Waals surface area contributed by atoms with Gasteiger partial charge in [0.1, 0.15) is 11.6 Å². The fourth-order valence-corrected chi connectivity index (χ4v) is 5.82. The highest BCUT2D eigenvalue weighted by Crippen LogP contribution is 2.58. The van der Waals surface area contributed by atoms with Gasteiger partial charge >= 0.3 is 5.97 Å². The third kappa shape index (κ3) is 4.93. The van der Waals surface area contributed by atoms with Crippen LogP contribution in [0.2, 0.25) is 0 Å². The average Bonchev–Trinajstić information content (AvgIpc) is 3.46. The molecule has 0 radical (unpaired) electrons. The summed E-state index contributed by atoms with van der Waals surface area (Å²) in [6, 6.07) is -0.757. The second-order valence-corrected chi connectivity index (χ2v) is 9.54. The third-order valence-corrected chi connectivity index (χ3v) is 7.37. The Morgan fingerprint density at radius 3 is 2.74 bits per heavy atom. The predicted octanol–water partition coefficient (Wildman–Crippen LogP) is 2.46. The number of aliphatic hydroxyl groups is 1. The maximum Gasteiger partial charge on any atom is 0.312 e. The van der Waals surface area contributed by atoms with Gasteiger partial charge in [-0.15, -0.1) is 13.2 Å². The van der Waals surface area contributed by atoms with Crippen LogP contribution in [-0.4, -0.2) is 83.3 Å². The number of hydrogen-bond donors (Lipinski definition) is 1. The van der Waals surface area contributed by atoms with E-state index in [4.69, 9.17) is 14.6 Å².